The first-order chi connectivity index (χ1) is 15.0. The molecule has 0 saturated heterocycles. The number of hydrogen-bond donors (Lipinski definition) is 1. The fraction of sp³-hybridized carbons (Fsp3) is 0.0400. The molecule has 0 aliphatic heterocycles. The van der Waals surface area contributed by atoms with Gasteiger partial charge in [0.2, 0.25) is 0 Å². The fourth-order valence-electron chi connectivity index (χ4n) is 3.92. The standard InChI is InChI=1S/C25H21O4PS/c1-29-20-17-18-24(25(19-20)31(26,27)28)30(21-11-5-2-6-12-21,22-13-7-3-8-14-22)23-15-9-4-10-16-23/h2-19H,1H3/p+1. The first kappa shape index (κ1) is 21.3. The quantitative estimate of drug-likeness (QED) is 0.361. The lowest BCUT2D eigenvalue weighted by molar-refractivity contribution is 0.413. The molecule has 0 heterocycles. The van der Waals surface area contributed by atoms with Crippen LogP contribution in [0.4, 0.5) is 0 Å². The van der Waals surface area contributed by atoms with E-state index in [4.69, 9.17) is 4.74 Å². The van der Waals surface area contributed by atoms with Gasteiger partial charge in [-0.15, -0.1) is 0 Å². The Morgan fingerprint density at radius 2 is 1.10 bits per heavy atom. The highest BCUT2D eigenvalue weighted by molar-refractivity contribution is 8.02. The highest BCUT2D eigenvalue weighted by Crippen LogP contribution is 2.55. The van der Waals surface area contributed by atoms with Crippen molar-refractivity contribution in [2.75, 3.05) is 7.11 Å². The van der Waals surface area contributed by atoms with Crippen molar-refractivity contribution < 1.29 is 17.7 Å². The Bertz CT molecular complexity index is 1180. The molecule has 0 unspecified atom stereocenters. The zero-order valence-electron chi connectivity index (χ0n) is 16.9. The van der Waals surface area contributed by atoms with E-state index in [1.165, 1.54) is 13.2 Å². The molecule has 0 aromatic heterocycles. The Morgan fingerprint density at radius 1 is 0.677 bits per heavy atom. The molecule has 0 bridgehead atoms. The summed E-state index contributed by atoms with van der Waals surface area (Å²) in [7, 11) is -5.72. The van der Waals surface area contributed by atoms with Gasteiger partial charge in [0, 0.05) is 6.07 Å². The van der Waals surface area contributed by atoms with E-state index in [2.05, 4.69) is 0 Å². The molecule has 1 N–H and O–H groups in total. The molecule has 0 spiro atoms. The summed E-state index contributed by atoms with van der Waals surface area (Å²) in [5.74, 6) is 0.365. The third kappa shape index (κ3) is 3.88. The number of rotatable bonds is 6. The lowest BCUT2D eigenvalue weighted by Gasteiger charge is -2.28. The zero-order chi connectivity index (χ0) is 21.9. The van der Waals surface area contributed by atoms with Gasteiger partial charge in [0.05, 0.1) is 7.11 Å². The van der Waals surface area contributed by atoms with Crippen molar-refractivity contribution in [3.05, 3.63) is 109 Å². The maximum absolute atomic E-state index is 12.6. The average Bonchev–Trinajstić information content (AvgIpc) is 2.81. The monoisotopic (exact) mass is 449 g/mol. The van der Waals surface area contributed by atoms with Crippen LogP contribution in [-0.2, 0) is 10.1 Å². The molecule has 4 aromatic carbocycles. The minimum absolute atomic E-state index is 0.142. The second-order valence-corrected chi connectivity index (χ2v) is 11.7. The van der Waals surface area contributed by atoms with Gasteiger partial charge in [0.1, 0.15) is 39.1 Å². The van der Waals surface area contributed by atoms with E-state index in [9.17, 15) is 13.0 Å². The van der Waals surface area contributed by atoms with E-state index in [0.29, 0.717) is 11.1 Å². The predicted octanol–water partition coefficient (Wildman–Crippen LogP) is 3.56. The minimum atomic E-state index is -4.53. The van der Waals surface area contributed by atoms with Crippen molar-refractivity contribution in [1.29, 1.82) is 0 Å². The van der Waals surface area contributed by atoms with Crippen molar-refractivity contribution in [2.24, 2.45) is 0 Å². The van der Waals surface area contributed by atoms with E-state index in [1.54, 1.807) is 12.1 Å². The molecule has 4 aromatic rings. The number of hydrogen-bond acceptors (Lipinski definition) is 3. The summed E-state index contributed by atoms with van der Waals surface area (Å²) in [6.07, 6.45) is 0. The summed E-state index contributed by atoms with van der Waals surface area (Å²) in [5, 5.41) is 3.52. The van der Waals surface area contributed by atoms with Gasteiger partial charge in [-0.1, -0.05) is 54.6 Å². The predicted molar refractivity (Wildman–Crippen MR) is 128 cm³/mol. The molecular weight excluding hydrogens is 427 g/mol. The molecule has 0 aliphatic rings. The Morgan fingerprint density at radius 3 is 1.45 bits per heavy atom. The van der Waals surface area contributed by atoms with Gasteiger partial charge in [0.25, 0.3) is 10.1 Å². The summed E-state index contributed by atoms with van der Waals surface area (Å²) in [5.41, 5.74) is 0. The second-order valence-electron chi connectivity index (χ2n) is 6.99. The van der Waals surface area contributed by atoms with Crippen molar-refractivity contribution in [3.63, 3.8) is 0 Å². The van der Waals surface area contributed by atoms with Crippen molar-refractivity contribution in [2.45, 2.75) is 4.90 Å². The smallest absolute Gasteiger partial charge is 0.298 e. The van der Waals surface area contributed by atoms with Crippen LogP contribution in [-0.4, -0.2) is 20.1 Å². The molecule has 0 radical (unpaired) electrons. The Labute approximate surface area is 183 Å². The lowest BCUT2D eigenvalue weighted by atomic mass is 10.3. The van der Waals surface area contributed by atoms with Crippen molar-refractivity contribution in [1.82, 2.24) is 0 Å². The van der Waals surface area contributed by atoms with Crippen LogP contribution in [0.3, 0.4) is 0 Å². The molecule has 0 saturated carbocycles. The molecule has 4 nitrogen and oxygen atoms in total. The van der Waals surface area contributed by atoms with Crippen molar-refractivity contribution in [3.8, 4) is 5.75 Å². The summed E-state index contributed by atoms with van der Waals surface area (Å²) in [4.78, 5) is -0.142. The average molecular weight is 449 g/mol. The Hall–Kier alpha value is -2.98. The van der Waals surface area contributed by atoms with Gasteiger partial charge >= 0.3 is 0 Å². The van der Waals surface area contributed by atoms with Gasteiger partial charge in [-0.3, -0.25) is 4.55 Å². The number of ether oxygens (including phenoxy) is 1. The molecule has 0 amide bonds. The summed E-state index contributed by atoms with van der Waals surface area (Å²) >= 11 is 0. The minimum Gasteiger partial charge on any atom is -0.497 e. The Kier molecular flexibility index (Phi) is 5.92. The van der Waals surface area contributed by atoms with Crippen LogP contribution in [0.1, 0.15) is 0 Å². The van der Waals surface area contributed by atoms with Gasteiger partial charge in [-0.05, 0) is 48.5 Å². The van der Waals surface area contributed by atoms with E-state index in [0.717, 1.165) is 15.9 Å². The second kappa shape index (κ2) is 8.64. The van der Waals surface area contributed by atoms with Crippen LogP contribution in [0.2, 0.25) is 0 Å². The van der Waals surface area contributed by atoms with Crippen LogP contribution < -0.4 is 26.0 Å². The van der Waals surface area contributed by atoms with Gasteiger partial charge < -0.3 is 4.74 Å². The maximum atomic E-state index is 12.6. The fourth-order valence-corrected chi connectivity index (χ4v) is 9.56. The molecular formula is C25H22O4PS+. The van der Waals surface area contributed by atoms with E-state index < -0.39 is 17.4 Å². The summed E-state index contributed by atoms with van der Waals surface area (Å²) in [6, 6.07) is 34.5. The van der Waals surface area contributed by atoms with Crippen LogP contribution in [0.15, 0.2) is 114 Å². The first-order valence-electron chi connectivity index (χ1n) is 9.70. The first-order valence-corrected chi connectivity index (χ1v) is 12.9. The highest BCUT2D eigenvalue weighted by atomic mass is 32.2. The molecule has 31 heavy (non-hydrogen) atoms. The molecule has 0 aliphatic carbocycles. The van der Waals surface area contributed by atoms with Gasteiger partial charge in [-0.25, -0.2) is 0 Å². The molecule has 4 rings (SSSR count). The van der Waals surface area contributed by atoms with Crippen LogP contribution in [0.5, 0.6) is 5.75 Å². The van der Waals surface area contributed by atoms with Crippen LogP contribution in [0, 0.1) is 0 Å². The largest absolute Gasteiger partial charge is 0.497 e. The Balaban J connectivity index is 2.23. The third-order valence-electron chi connectivity index (χ3n) is 5.24. The lowest BCUT2D eigenvalue weighted by Crippen LogP contribution is -2.40. The van der Waals surface area contributed by atoms with Crippen molar-refractivity contribution >= 4 is 38.6 Å². The molecule has 156 valence electrons. The number of methoxy groups -OCH3 is 1. The number of benzene rings is 4. The highest BCUT2D eigenvalue weighted by Gasteiger charge is 2.50. The van der Waals surface area contributed by atoms with E-state index >= 15 is 0 Å². The van der Waals surface area contributed by atoms with Crippen LogP contribution >= 0.6 is 7.26 Å². The molecule has 0 atom stereocenters. The summed E-state index contributed by atoms with van der Waals surface area (Å²) in [6.45, 7) is 0. The van der Waals surface area contributed by atoms with Crippen LogP contribution in [0.25, 0.3) is 0 Å². The normalized spacial score (nSPS) is 11.8. The summed E-state index contributed by atoms with van der Waals surface area (Å²) < 4.78 is 40.7. The third-order valence-corrected chi connectivity index (χ3v) is 10.6. The zero-order valence-corrected chi connectivity index (χ0v) is 18.6. The maximum Gasteiger partial charge on any atom is 0.298 e. The van der Waals surface area contributed by atoms with Gasteiger partial charge in [0.15, 0.2) is 0 Å². The van der Waals surface area contributed by atoms with Gasteiger partial charge in [-0.2, -0.15) is 8.42 Å². The molecule has 6 heteroatoms. The molecule has 0 fully saturated rings. The SMILES string of the molecule is COc1ccc([P+](c2ccccc2)(c2ccccc2)c2ccccc2)c(S(=O)(=O)O)c1. The topological polar surface area (TPSA) is 63.6 Å². The van der Waals surface area contributed by atoms with E-state index in [1.807, 2.05) is 91.0 Å². The van der Waals surface area contributed by atoms with E-state index in [-0.39, 0.29) is 4.90 Å².